The molecule has 0 saturated carbocycles. The Balaban J connectivity index is 1.82. The molecule has 0 aliphatic heterocycles. The predicted octanol–water partition coefficient (Wildman–Crippen LogP) is 2.65. The molecular formula is C17H21NO2. The molecule has 0 fully saturated rings. The van der Waals surface area contributed by atoms with Gasteiger partial charge in [0.2, 0.25) is 0 Å². The van der Waals surface area contributed by atoms with Crippen LogP contribution >= 0.6 is 0 Å². The summed E-state index contributed by atoms with van der Waals surface area (Å²) in [5, 5.41) is 22.8. The lowest BCUT2D eigenvalue weighted by atomic mass is 10.0. The molecule has 2 aromatic carbocycles. The monoisotopic (exact) mass is 271 g/mol. The van der Waals surface area contributed by atoms with E-state index in [9.17, 15) is 10.2 Å². The van der Waals surface area contributed by atoms with E-state index in [4.69, 9.17) is 0 Å². The van der Waals surface area contributed by atoms with Crippen LogP contribution in [0.1, 0.15) is 24.2 Å². The maximum Gasteiger partial charge on any atom is 0.115 e. The van der Waals surface area contributed by atoms with Crippen LogP contribution in [0.15, 0.2) is 54.6 Å². The normalized spacial score (nSPS) is 13.9. The molecule has 0 amide bonds. The zero-order valence-corrected chi connectivity index (χ0v) is 11.7. The van der Waals surface area contributed by atoms with Crippen LogP contribution in [0.2, 0.25) is 0 Å². The number of hydrogen-bond donors (Lipinski definition) is 3. The summed E-state index contributed by atoms with van der Waals surface area (Å²) in [4.78, 5) is 0. The third-order valence-corrected chi connectivity index (χ3v) is 3.43. The van der Waals surface area contributed by atoms with Crippen molar-refractivity contribution in [2.45, 2.75) is 25.5 Å². The van der Waals surface area contributed by atoms with Gasteiger partial charge < -0.3 is 15.5 Å². The smallest absolute Gasteiger partial charge is 0.115 e. The highest BCUT2D eigenvalue weighted by molar-refractivity contribution is 5.27. The van der Waals surface area contributed by atoms with Crippen molar-refractivity contribution in [3.8, 4) is 5.75 Å². The molecule has 0 unspecified atom stereocenters. The molecule has 2 atom stereocenters. The van der Waals surface area contributed by atoms with Crippen molar-refractivity contribution in [3.05, 3.63) is 65.7 Å². The van der Waals surface area contributed by atoms with Gasteiger partial charge in [-0.05, 0) is 43.1 Å². The second-order valence-corrected chi connectivity index (χ2v) is 5.01. The van der Waals surface area contributed by atoms with E-state index in [1.165, 1.54) is 5.56 Å². The van der Waals surface area contributed by atoms with Gasteiger partial charge in [-0.1, -0.05) is 42.5 Å². The molecule has 0 bridgehead atoms. The van der Waals surface area contributed by atoms with E-state index in [0.717, 1.165) is 18.5 Å². The summed E-state index contributed by atoms with van der Waals surface area (Å²) in [6.07, 6.45) is 0.361. The van der Waals surface area contributed by atoms with E-state index in [1.807, 2.05) is 25.1 Å². The third kappa shape index (κ3) is 4.08. The van der Waals surface area contributed by atoms with E-state index in [0.29, 0.717) is 0 Å². The first-order chi connectivity index (χ1) is 9.66. The van der Waals surface area contributed by atoms with Crippen LogP contribution in [-0.2, 0) is 6.42 Å². The van der Waals surface area contributed by atoms with Crippen LogP contribution < -0.4 is 5.32 Å². The highest BCUT2D eigenvalue weighted by atomic mass is 16.3. The van der Waals surface area contributed by atoms with E-state index in [1.54, 1.807) is 24.3 Å². The Kier molecular flexibility index (Phi) is 5.16. The minimum absolute atomic E-state index is 0.0387. The lowest BCUT2D eigenvalue weighted by Gasteiger charge is -2.20. The summed E-state index contributed by atoms with van der Waals surface area (Å²) in [5.74, 6) is 0.214. The average molecular weight is 271 g/mol. The van der Waals surface area contributed by atoms with E-state index >= 15 is 0 Å². The highest BCUT2D eigenvalue weighted by Gasteiger charge is 2.15. The van der Waals surface area contributed by atoms with Gasteiger partial charge in [0.15, 0.2) is 0 Å². The van der Waals surface area contributed by atoms with Gasteiger partial charge in [-0.25, -0.2) is 0 Å². The Labute approximate surface area is 119 Å². The summed E-state index contributed by atoms with van der Waals surface area (Å²) in [6.45, 7) is 2.78. The Morgan fingerprint density at radius 3 is 2.30 bits per heavy atom. The van der Waals surface area contributed by atoms with Gasteiger partial charge in [-0.15, -0.1) is 0 Å². The fraction of sp³-hybridized carbons (Fsp3) is 0.294. The Morgan fingerprint density at radius 1 is 1.00 bits per heavy atom. The number of aliphatic hydroxyl groups excluding tert-OH is 1. The third-order valence-electron chi connectivity index (χ3n) is 3.43. The van der Waals surface area contributed by atoms with Crippen molar-refractivity contribution in [2.24, 2.45) is 0 Å². The summed E-state index contributed by atoms with van der Waals surface area (Å²) in [5.41, 5.74) is 2.09. The maximum absolute atomic E-state index is 10.2. The molecule has 2 rings (SSSR count). The zero-order valence-electron chi connectivity index (χ0n) is 11.7. The van der Waals surface area contributed by atoms with Gasteiger partial charge in [0.25, 0.3) is 0 Å². The van der Waals surface area contributed by atoms with Crippen LogP contribution in [0.4, 0.5) is 0 Å². The molecule has 106 valence electrons. The molecule has 0 saturated heterocycles. The van der Waals surface area contributed by atoms with Gasteiger partial charge >= 0.3 is 0 Å². The zero-order chi connectivity index (χ0) is 14.4. The minimum Gasteiger partial charge on any atom is -0.508 e. The topological polar surface area (TPSA) is 52.5 Å². The van der Waals surface area contributed by atoms with Crippen LogP contribution in [0.25, 0.3) is 0 Å². The van der Waals surface area contributed by atoms with E-state index < -0.39 is 6.10 Å². The highest BCUT2D eigenvalue weighted by Crippen LogP contribution is 2.19. The molecule has 0 aliphatic carbocycles. The average Bonchev–Trinajstić information content (AvgIpc) is 2.48. The predicted molar refractivity (Wildman–Crippen MR) is 80.7 cm³/mol. The van der Waals surface area contributed by atoms with Crippen molar-refractivity contribution in [1.29, 1.82) is 0 Å². The fourth-order valence-electron chi connectivity index (χ4n) is 2.16. The van der Waals surface area contributed by atoms with Crippen LogP contribution in [-0.4, -0.2) is 22.8 Å². The van der Waals surface area contributed by atoms with Crippen LogP contribution in [0.3, 0.4) is 0 Å². The Hall–Kier alpha value is -1.84. The van der Waals surface area contributed by atoms with Crippen molar-refractivity contribution in [2.75, 3.05) is 6.54 Å². The van der Waals surface area contributed by atoms with Crippen molar-refractivity contribution in [3.63, 3.8) is 0 Å². The largest absolute Gasteiger partial charge is 0.508 e. The van der Waals surface area contributed by atoms with Crippen LogP contribution in [0, 0.1) is 0 Å². The molecule has 3 heteroatoms. The fourth-order valence-corrected chi connectivity index (χ4v) is 2.16. The van der Waals surface area contributed by atoms with E-state index in [2.05, 4.69) is 17.4 Å². The standard InChI is InChI=1S/C17H21NO2/c1-13(17(20)15-7-9-16(19)10-8-15)18-12-11-14-5-3-2-4-6-14/h2-10,13,17-20H,11-12H2,1H3/t13-,17-/m0/s1. The number of benzene rings is 2. The SMILES string of the molecule is C[C@H](NCCc1ccccc1)[C@H](O)c1ccc(O)cc1. The van der Waals surface area contributed by atoms with Gasteiger partial charge in [0.1, 0.15) is 5.75 Å². The number of rotatable bonds is 6. The van der Waals surface area contributed by atoms with Gasteiger partial charge in [0, 0.05) is 6.04 Å². The Morgan fingerprint density at radius 2 is 1.65 bits per heavy atom. The van der Waals surface area contributed by atoms with Crippen molar-refractivity contribution < 1.29 is 10.2 Å². The summed E-state index contributed by atoms with van der Waals surface area (Å²) in [7, 11) is 0. The summed E-state index contributed by atoms with van der Waals surface area (Å²) < 4.78 is 0. The van der Waals surface area contributed by atoms with Gasteiger partial charge in [-0.3, -0.25) is 0 Å². The first-order valence-corrected chi connectivity index (χ1v) is 6.91. The number of nitrogens with one attached hydrogen (secondary N) is 1. The molecular weight excluding hydrogens is 250 g/mol. The first kappa shape index (κ1) is 14.6. The number of aliphatic hydroxyl groups is 1. The molecule has 3 nitrogen and oxygen atoms in total. The first-order valence-electron chi connectivity index (χ1n) is 6.91. The quantitative estimate of drug-likeness (QED) is 0.757. The number of phenols is 1. The number of hydrogen-bond acceptors (Lipinski definition) is 3. The molecule has 0 aromatic heterocycles. The summed E-state index contributed by atoms with van der Waals surface area (Å²) >= 11 is 0. The lowest BCUT2D eigenvalue weighted by Crippen LogP contribution is -2.33. The second-order valence-electron chi connectivity index (χ2n) is 5.01. The second kappa shape index (κ2) is 7.08. The summed E-state index contributed by atoms with van der Waals surface area (Å²) in [6, 6.07) is 16.9. The molecule has 0 radical (unpaired) electrons. The maximum atomic E-state index is 10.2. The van der Waals surface area contributed by atoms with Gasteiger partial charge in [-0.2, -0.15) is 0 Å². The molecule has 3 N–H and O–H groups in total. The molecule has 2 aromatic rings. The van der Waals surface area contributed by atoms with Gasteiger partial charge in [0.05, 0.1) is 6.10 Å². The molecule has 0 heterocycles. The van der Waals surface area contributed by atoms with Crippen LogP contribution in [0.5, 0.6) is 5.75 Å². The number of aromatic hydroxyl groups is 1. The lowest BCUT2D eigenvalue weighted by molar-refractivity contribution is 0.136. The molecule has 0 aliphatic rings. The molecule has 0 spiro atoms. The minimum atomic E-state index is -0.577. The van der Waals surface area contributed by atoms with Crippen molar-refractivity contribution in [1.82, 2.24) is 5.32 Å². The van der Waals surface area contributed by atoms with Crippen molar-refractivity contribution >= 4 is 0 Å². The van der Waals surface area contributed by atoms with E-state index in [-0.39, 0.29) is 11.8 Å². The number of phenolic OH excluding ortho intramolecular Hbond substituents is 1. The molecule has 20 heavy (non-hydrogen) atoms. The Bertz CT molecular complexity index is 510.